The van der Waals surface area contributed by atoms with E-state index in [0.29, 0.717) is 0 Å². The van der Waals surface area contributed by atoms with Crippen LogP contribution in [0, 0.1) is 0 Å². The molecule has 1 aliphatic heterocycles. The van der Waals surface area contributed by atoms with E-state index < -0.39 is 0 Å². The number of likely N-dealkylation sites (tertiary alicyclic amines) is 1. The molecule has 1 atom stereocenters. The summed E-state index contributed by atoms with van der Waals surface area (Å²) in [6.45, 7) is 1.86. The average Bonchev–Trinajstić information content (AvgIpc) is 3.03. The van der Waals surface area contributed by atoms with Crippen molar-refractivity contribution < 1.29 is 4.79 Å². The molecular weight excluding hydrogens is 274 g/mol. The Hall–Kier alpha value is -2.20. The zero-order chi connectivity index (χ0) is 15.2. The van der Waals surface area contributed by atoms with Crippen LogP contribution in [0.5, 0.6) is 0 Å². The number of pyridine rings is 1. The first-order valence-electron chi connectivity index (χ1n) is 7.83. The molecule has 1 fully saturated rings. The maximum atomic E-state index is 12.5. The van der Waals surface area contributed by atoms with E-state index in [9.17, 15) is 4.79 Å². The second-order valence-electron chi connectivity index (χ2n) is 5.62. The van der Waals surface area contributed by atoms with E-state index in [1.165, 1.54) is 0 Å². The largest absolute Gasteiger partial charge is 0.325 e. The summed E-state index contributed by atoms with van der Waals surface area (Å²) in [4.78, 5) is 19.1. The Morgan fingerprint density at radius 1 is 1.18 bits per heavy atom. The maximum absolute atomic E-state index is 12.5. The number of carbonyl (C=O) groups excluding carboxylic acids is 1. The molecule has 114 valence electrons. The minimum Gasteiger partial charge on any atom is -0.325 e. The molecule has 4 nitrogen and oxygen atoms in total. The van der Waals surface area contributed by atoms with Gasteiger partial charge in [0.25, 0.3) is 0 Å². The van der Waals surface area contributed by atoms with Crippen LogP contribution in [0.25, 0.3) is 0 Å². The first-order chi connectivity index (χ1) is 10.8. The van der Waals surface area contributed by atoms with E-state index in [4.69, 9.17) is 0 Å². The topological polar surface area (TPSA) is 45.2 Å². The summed E-state index contributed by atoms with van der Waals surface area (Å²) in [6, 6.07) is 15.6. The Morgan fingerprint density at radius 2 is 2.00 bits per heavy atom. The highest BCUT2D eigenvalue weighted by Gasteiger charge is 2.30. The minimum absolute atomic E-state index is 0.0241. The monoisotopic (exact) mass is 295 g/mol. The molecule has 0 bridgehead atoms. The summed E-state index contributed by atoms with van der Waals surface area (Å²) in [5.41, 5.74) is 1.95. The van der Waals surface area contributed by atoms with Crippen LogP contribution in [0.15, 0.2) is 54.7 Å². The van der Waals surface area contributed by atoms with Crippen molar-refractivity contribution in [2.24, 2.45) is 0 Å². The van der Waals surface area contributed by atoms with Gasteiger partial charge in [-0.3, -0.25) is 14.7 Å². The van der Waals surface area contributed by atoms with Crippen molar-refractivity contribution in [3.05, 3.63) is 60.4 Å². The molecule has 1 saturated heterocycles. The molecule has 22 heavy (non-hydrogen) atoms. The zero-order valence-corrected chi connectivity index (χ0v) is 12.6. The molecule has 3 rings (SSSR count). The van der Waals surface area contributed by atoms with Crippen LogP contribution < -0.4 is 5.32 Å². The fraction of sp³-hybridized carbons (Fsp3) is 0.333. The lowest BCUT2D eigenvalue weighted by molar-refractivity contribution is -0.120. The summed E-state index contributed by atoms with van der Waals surface area (Å²) < 4.78 is 0. The van der Waals surface area contributed by atoms with Crippen molar-refractivity contribution in [3.63, 3.8) is 0 Å². The lowest BCUT2D eigenvalue weighted by Gasteiger charge is -2.23. The smallest absolute Gasteiger partial charge is 0.241 e. The second kappa shape index (κ2) is 7.18. The Kier molecular flexibility index (Phi) is 4.81. The van der Waals surface area contributed by atoms with Crippen molar-refractivity contribution in [1.29, 1.82) is 0 Å². The quantitative estimate of drug-likeness (QED) is 0.922. The van der Waals surface area contributed by atoms with Gasteiger partial charge >= 0.3 is 0 Å². The second-order valence-corrected chi connectivity index (χ2v) is 5.62. The standard InChI is InChI=1S/C18H21N3O/c22-18(20-16-8-2-1-3-9-16)17-10-6-13-21(17)14-11-15-7-4-5-12-19-15/h1-5,7-9,12,17H,6,10-11,13-14H2,(H,20,22). The van der Waals surface area contributed by atoms with Crippen LogP contribution in [0.2, 0.25) is 0 Å². The van der Waals surface area contributed by atoms with Gasteiger partial charge in [0.15, 0.2) is 0 Å². The van der Waals surface area contributed by atoms with Crippen LogP contribution >= 0.6 is 0 Å². The molecule has 1 aliphatic rings. The molecule has 1 N–H and O–H groups in total. The Balaban J connectivity index is 1.57. The van der Waals surface area contributed by atoms with Crippen LogP contribution in [-0.2, 0) is 11.2 Å². The van der Waals surface area contributed by atoms with Crippen molar-refractivity contribution in [2.75, 3.05) is 18.4 Å². The third-order valence-corrected chi connectivity index (χ3v) is 4.09. The molecule has 1 unspecified atom stereocenters. The molecule has 0 aliphatic carbocycles. The van der Waals surface area contributed by atoms with E-state index in [-0.39, 0.29) is 11.9 Å². The summed E-state index contributed by atoms with van der Waals surface area (Å²) >= 11 is 0. The highest BCUT2D eigenvalue weighted by atomic mass is 16.2. The molecule has 2 heterocycles. The van der Waals surface area contributed by atoms with E-state index in [2.05, 4.69) is 15.2 Å². The van der Waals surface area contributed by atoms with Gasteiger partial charge in [-0.1, -0.05) is 24.3 Å². The fourth-order valence-corrected chi connectivity index (χ4v) is 2.94. The molecule has 1 aromatic carbocycles. The zero-order valence-electron chi connectivity index (χ0n) is 12.6. The van der Waals surface area contributed by atoms with Crippen molar-refractivity contribution >= 4 is 11.6 Å². The average molecular weight is 295 g/mol. The molecule has 0 radical (unpaired) electrons. The number of nitrogens with one attached hydrogen (secondary N) is 1. The number of carbonyl (C=O) groups is 1. The molecule has 0 saturated carbocycles. The number of hydrogen-bond donors (Lipinski definition) is 1. The van der Waals surface area contributed by atoms with Gasteiger partial charge < -0.3 is 5.32 Å². The van der Waals surface area contributed by atoms with Gasteiger partial charge in [-0.05, 0) is 43.7 Å². The highest BCUT2D eigenvalue weighted by Crippen LogP contribution is 2.19. The van der Waals surface area contributed by atoms with E-state index in [1.54, 1.807) is 0 Å². The van der Waals surface area contributed by atoms with Crippen molar-refractivity contribution in [1.82, 2.24) is 9.88 Å². The predicted molar refractivity (Wildman–Crippen MR) is 87.6 cm³/mol. The van der Waals surface area contributed by atoms with E-state index in [0.717, 1.165) is 43.7 Å². The van der Waals surface area contributed by atoms with Crippen LogP contribution in [-0.4, -0.2) is 34.9 Å². The summed E-state index contributed by atoms with van der Waals surface area (Å²) in [7, 11) is 0. The number of hydrogen-bond acceptors (Lipinski definition) is 3. The Bertz CT molecular complexity index is 600. The minimum atomic E-state index is -0.0241. The number of nitrogens with zero attached hydrogens (tertiary/aromatic N) is 2. The predicted octanol–water partition coefficient (Wildman–Crippen LogP) is 2.73. The lowest BCUT2D eigenvalue weighted by atomic mass is 10.2. The fourth-order valence-electron chi connectivity index (χ4n) is 2.94. The Morgan fingerprint density at radius 3 is 2.77 bits per heavy atom. The van der Waals surface area contributed by atoms with Gasteiger partial charge in [0.1, 0.15) is 0 Å². The first kappa shape index (κ1) is 14.7. The SMILES string of the molecule is O=C(Nc1ccccc1)C1CCCN1CCc1ccccn1. The van der Waals surface area contributed by atoms with Crippen LogP contribution in [0.1, 0.15) is 18.5 Å². The maximum Gasteiger partial charge on any atom is 0.241 e. The van der Waals surface area contributed by atoms with Crippen molar-refractivity contribution in [2.45, 2.75) is 25.3 Å². The number of rotatable bonds is 5. The number of amides is 1. The number of para-hydroxylation sites is 1. The molecule has 4 heteroatoms. The molecule has 1 aromatic heterocycles. The summed E-state index contributed by atoms with van der Waals surface area (Å²) in [5, 5.41) is 3.02. The third kappa shape index (κ3) is 3.71. The summed E-state index contributed by atoms with van der Waals surface area (Å²) in [5.74, 6) is 0.102. The van der Waals surface area contributed by atoms with Crippen LogP contribution in [0.4, 0.5) is 5.69 Å². The summed E-state index contributed by atoms with van der Waals surface area (Å²) in [6.07, 6.45) is 4.71. The van der Waals surface area contributed by atoms with Crippen LogP contribution in [0.3, 0.4) is 0 Å². The Labute approximate surface area is 131 Å². The first-order valence-corrected chi connectivity index (χ1v) is 7.83. The van der Waals surface area contributed by atoms with Crippen molar-refractivity contribution in [3.8, 4) is 0 Å². The van der Waals surface area contributed by atoms with Gasteiger partial charge in [-0.15, -0.1) is 0 Å². The number of aromatic nitrogens is 1. The molecule has 1 amide bonds. The lowest BCUT2D eigenvalue weighted by Crippen LogP contribution is -2.40. The van der Waals surface area contributed by atoms with E-state index >= 15 is 0 Å². The van der Waals surface area contributed by atoms with Gasteiger partial charge in [-0.2, -0.15) is 0 Å². The number of benzene rings is 1. The molecule has 0 spiro atoms. The number of anilines is 1. The normalized spacial score (nSPS) is 18.3. The molecular formula is C18H21N3O. The third-order valence-electron chi connectivity index (χ3n) is 4.09. The van der Waals surface area contributed by atoms with Gasteiger partial charge in [0.05, 0.1) is 6.04 Å². The van der Waals surface area contributed by atoms with Gasteiger partial charge in [-0.25, -0.2) is 0 Å². The van der Waals surface area contributed by atoms with Gasteiger partial charge in [0.2, 0.25) is 5.91 Å². The molecule has 2 aromatic rings. The highest BCUT2D eigenvalue weighted by molar-refractivity contribution is 5.94. The van der Waals surface area contributed by atoms with Gasteiger partial charge in [0, 0.05) is 30.5 Å². The van der Waals surface area contributed by atoms with E-state index in [1.807, 2.05) is 54.7 Å².